The maximum atomic E-state index is 5.90. The van der Waals surface area contributed by atoms with Crippen LogP contribution in [0.1, 0.15) is 5.56 Å². The minimum absolute atomic E-state index is 0.396. The Bertz CT molecular complexity index is 988. The van der Waals surface area contributed by atoms with E-state index in [2.05, 4.69) is 33.3 Å². The first-order valence-electron chi connectivity index (χ1n) is 7.42. The molecule has 0 aliphatic heterocycles. The van der Waals surface area contributed by atoms with Crippen LogP contribution in [0.4, 0.5) is 0 Å². The van der Waals surface area contributed by atoms with Crippen LogP contribution in [0.3, 0.4) is 0 Å². The summed E-state index contributed by atoms with van der Waals surface area (Å²) < 4.78 is 5.35. The minimum atomic E-state index is 0.396. The summed E-state index contributed by atoms with van der Waals surface area (Å²) in [4.78, 5) is 4.42. The highest BCUT2D eigenvalue weighted by Crippen LogP contribution is 2.27. The number of H-pyrrole nitrogens is 1. The molecule has 0 aliphatic rings. The Hall–Kier alpha value is -2.92. The van der Waals surface area contributed by atoms with Crippen molar-refractivity contribution in [3.63, 3.8) is 0 Å². The van der Waals surface area contributed by atoms with E-state index in [1.165, 1.54) is 0 Å². The normalized spacial score (nSPS) is 10.9. The minimum Gasteiger partial charge on any atom is -0.332 e. The standard InChI is InChI=1S/C18H13ClN4O/c1-11-4-2-3-5-14(11)15-10-16(22-21-15)18-20-17(23-24-18)12-6-8-13(19)9-7-12/h2-10H,1H3,(H,21,22). The summed E-state index contributed by atoms with van der Waals surface area (Å²) >= 11 is 5.90. The lowest BCUT2D eigenvalue weighted by molar-refractivity contribution is 0.431. The monoisotopic (exact) mass is 336 g/mol. The zero-order valence-electron chi connectivity index (χ0n) is 12.8. The Morgan fingerprint density at radius 1 is 1.04 bits per heavy atom. The van der Waals surface area contributed by atoms with Gasteiger partial charge in [0.1, 0.15) is 5.69 Å². The van der Waals surface area contributed by atoms with Crippen molar-refractivity contribution in [2.24, 2.45) is 0 Å². The first kappa shape index (κ1) is 14.7. The van der Waals surface area contributed by atoms with Crippen LogP contribution in [0.15, 0.2) is 59.1 Å². The largest absolute Gasteiger partial charge is 0.332 e. The SMILES string of the molecule is Cc1ccccc1-c1cc(-c2nc(-c3ccc(Cl)cc3)no2)[nH]n1. The molecule has 2 aromatic heterocycles. The molecule has 24 heavy (non-hydrogen) atoms. The number of hydrogen-bond acceptors (Lipinski definition) is 4. The topological polar surface area (TPSA) is 67.6 Å². The molecule has 0 atom stereocenters. The molecule has 4 aromatic rings. The summed E-state index contributed by atoms with van der Waals surface area (Å²) in [6.07, 6.45) is 0. The number of nitrogens with zero attached hydrogens (tertiary/aromatic N) is 3. The van der Waals surface area contributed by atoms with Crippen molar-refractivity contribution in [2.45, 2.75) is 6.92 Å². The fourth-order valence-corrected chi connectivity index (χ4v) is 2.60. The Labute approximate surface area is 143 Å². The highest BCUT2D eigenvalue weighted by atomic mass is 35.5. The van der Waals surface area contributed by atoms with Gasteiger partial charge in [0, 0.05) is 16.1 Å². The lowest BCUT2D eigenvalue weighted by atomic mass is 10.1. The van der Waals surface area contributed by atoms with E-state index in [9.17, 15) is 0 Å². The van der Waals surface area contributed by atoms with Gasteiger partial charge in [0.05, 0.1) is 5.69 Å². The van der Waals surface area contributed by atoms with E-state index in [1.54, 1.807) is 12.1 Å². The Morgan fingerprint density at radius 2 is 1.83 bits per heavy atom. The number of aryl methyl sites for hydroxylation is 1. The van der Waals surface area contributed by atoms with Crippen LogP contribution in [-0.2, 0) is 0 Å². The summed E-state index contributed by atoms with van der Waals surface area (Å²) in [6.45, 7) is 2.05. The summed E-state index contributed by atoms with van der Waals surface area (Å²) in [7, 11) is 0. The maximum absolute atomic E-state index is 5.90. The smallest absolute Gasteiger partial charge is 0.276 e. The first-order chi connectivity index (χ1) is 11.7. The van der Waals surface area contributed by atoms with Gasteiger partial charge in [-0.15, -0.1) is 0 Å². The predicted octanol–water partition coefficient (Wildman–Crippen LogP) is 4.76. The van der Waals surface area contributed by atoms with Crippen LogP contribution in [0.2, 0.25) is 5.02 Å². The van der Waals surface area contributed by atoms with Gasteiger partial charge in [0.25, 0.3) is 5.89 Å². The van der Waals surface area contributed by atoms with Gasteiger partial charge in [-0.05, 0) is 42.8 Å². The summed E-state index contributed by atoms with van der Waals surface area (Å²) in [5.41, 5.74) is 4.59. The molecule has 5 nitrogen and oxygen atoms in total. The molecule has 0 unspecified atom stereocenters. The summed E-state index contributed by atoms with van der Waals surface area (Å²) in [6, 6.07) is 17.3. The molecule has 0 aliphatic carbocycles. The molecule has 6 heteroatoms. The molecule has 118 valence electrons. The molecular weight excluding hydrogens is 324 g/mol. The molecule has 0 saturated carbocycles. The lowest BCUT2D eigenvalue weighted by Crippen LogP contribution is -1.81. The number of benzene rings is 2. The van der Waals surface area contributed by atoms with Crippen molar-refractivity contribution in [1.82, 2.24) is 20.3 Å². The Balaban J connectivity index is 1.66. The third kappa shape index (κ3) is 2.70. The van der Waals surface area contributed by atoms with Crippen LogP contribution in [-0.4, -0.2) is 20.3 Å². The average Bonchev–Trinajstić information content (AvgIpc) is 3.25. The zero-order chi connectivity index (χ0) is 16.5. The number of rotatable bonds is 3. The molecule has 0 amide bonds. The van der Waals surface area contributed by atoms with Crippen molar-refractivity contribution in [3.05, 3.63) is 65.2 Å². The third-order valence-corrected chi connectivity index (χ3v) is 4.01. The van der Waals surface area contributed by atoms with Gasteiger partial charge in [0.2, 0.25) is 5.82 Å². The van der Waals surface area contributed by atoms with Crippen molar-refractivity contribution >= 4 is 11.6 Å². The number of hydrogen-bond donors (Lipinski definition) is 1. The van der Waals surface area contributed by atoms with Gasteiger partial charge in [-0.1, -0.05) is 41.0 Å². The zero-order valence-corrected chi connectivity index (χ0v) is 13.6. The number of aromatic nitrogens is 4. The van der Waals surface area contributed by atoms with E-state index in [1.807, 2.05) is 36.4 Å². The van der Waals surface area contributed by atoms with E-state index in [4.69, 9.17) is 16.1 Å². The number of halogens is 1. The maximum Gasteiger partial charge on any atom is 0.276 e. The van der Waals surface area contributed by atoms with E-state index >= 15 is 0 Å². The van der Waals surface area contributed by atoms with Crippen LogP contribution < -0.4 is 0 Å². The Morgan fingerprint density at radius 3 is 2.62 bits per heavy atom. The lowest BCUT2D eigenvalue weighted by Gasteiger charge is -1.99. The van der Waals surface area contributed by atoms with E-state index in [0.717, 1.165) is 22.4 Å². The van der Waals surface area contributed by atoms with Crippen molar-refractivity contribution in [3.8, 4) is 34.2 Å². The molecule has 0 spiro atoms. The fraction of sp³-hybridized carbons (Fsp3) is 0.0556. The van der Waals surface area contributed by atoms with Crippen LogP contribution in [0.25, 0.3) is 34.2 Å². The number of aromatic amines is 1. The van der Waals surface area contributed by atoms with Crippen molar-refractivity contribution in [2.75, 3.05) is 0 Å². The summed E-state index contributed by atoms with van der Waals surface area (Å²) in [5.74, 6) is 0.904. The number of nitrogens with one attached hydrogen (secondary N) is 1. The van der Waals surface area contributed by atoms with Crippen LogP contribution >= 0.6 is 11.6 Å². The van der Waals surface area contributed by atoms with Gasteiger partial charge < -0.3 is 4.52 Å². The van der Waals surface area contributed by atoms with E-state index < -0.39 is 0 Å². The van der Waals surface area contributed by atoms with E-state index in [-0.39, 0.29) is 0 Å². The van der Waals surface area contributed by atoms with Gasteiger partial charge in [-0.3, -0.25) is 5.10 Å². The van der Waals surface area contributed by atoms with Crippen LogP contribution in [0, 0.1) is 6.92 Å². The van der Waals surface area contributed by atoms with Crippen molar-refractivity contribution < 1.29 is 4.52 Å². The first-order valence-corrected chi connectivity index (χ1v) is 7.80. The van der Waals surface area contributed by atoms with Gasteiger partial charge >= 0.3 is 0 Å². The molecule has 0 saturated heterocycles. The predicted molar refractivity (Wildman–Crippen MR) is 92.5 cm³/mol. The second-order valence-corrected chi connectivity index (χ2v) is 5.85. The fourth-order valence-electron chi connectivity index (χ4n) is 2.48. The molecule has 2 aromatic carbocycles. The van der Waals surface area contributed by atoms with Gasteiger partial charge in [0.15, 0.2) is 0 Å². The molecule has 2 heterocycles. The second kappa shape index (κ2) is 5.94. The van der Waals surface area contributed by atoms with Gasteiger partial charge in [-0.2, -0.15) is 10.1 Å². The molecule has 1 N–H and O–H groups in total. The van der Waals surface area contributed by atoms with E-state index in [0.29, 0.717) is 22.4 Å². The quantitative estimate of drug-likeness (QED) is 0.586. The molecule has 4 rings (SSSR count). The Kier molecular flexibility index (Phi) is 3.63. The molecule has 0 bridgehead atoms. The highest BCUT2D eigenvalue weighted by molar-refractivity contribution is 6.30. The summed E-state index contributed by atoms with van der Waals surface area (Å²) in [5, 5.41) is 12.0. The molecule has 0 fully saturated rings. The molecule has 0 radical (unpaired) electrons. The third-order valence-electron chi connectivity index (χ3n) is 3.76. The highest BCUT2D eigenvalue weighted by Gasteiger charge is 2.14. The second-order valence-electron chi connectivity index (χ2n) is 5.41. The molecular formula is C18H13ClN4O. The average molecular weight is 337 g/mol. The van der Waals surface area contributed by atoms with Gasteiger partial charge in [-0.25, -0.2) is 0 Å². The van der Waals surface area contributed by atoms with Crippen molar-refractivity contribution in [1.29, 1.82) is 0 Å². The van der Waals surface area contributed by atoms with Crippen LogP contribution in [0.5, 0.6) is 0 Å².